The first kappa shape index (κ1) is 15.9. The van der Waals surface area contributed by atoms with Crippen LogP contribution in [-0.2, 0) is 16.1 Å². The summed E-state index contributed by atoms with van der Waals surface area (Å²) in [5, 5.41) is 15.6. The number of amides is 1. The molecule has 7 nitrogen and oxygen atoms in total. The Morgan fingerprint density at radius 1 is 1.43 bits per heavy atom. The molecule has 1 amide bonds. The van der Waals surface area contributed by atoms with Gasteiger partial charge in [-0.05, 0) is 49.7 Å². The van der Waals surface area contributed by atoms with Crippen LogP contribution < -0.4 is 5.32 Å². The lowest BCUT2D eigenvalue weighted by molar-refractivity contribution is -0.122. The second-order valence-electron chi connectivity index (χ2n) is 6.19. The third-order valence-corrected chi connectivity index (χ3v) is 3.87. The highest BCUT2D eigenvalue weighted by molar-refractivity contribution is 6.30. The summed E-state index contributed by atoms with van der Waals surface area (Å²) >= 11 is 5.85. The molecule has 1 atom stereocenters. The van der Waals surface area contributed by atoms with E-state index in [1.807, 2.05) is 26.0 Å². The van der Waals surface area contributed by atoms with E-state index in [-0.39, 0.29) is 24.1 Å². The standard InChI is InChI=1S/C15H18ClN5O2/c1-15(2)7-12(9-23-15)17-13(22)8-21-19-14(18-20-21)10-3-5-11(16)6-4-10/h3-6,12H,7-9H2,1-2H3,(H,17,22). The molecule has 0 saturated carbocycles. The number of halogens is 1. The summed E-state index contributed by atoms with van der Waals surface area (Å²) in [7, 11) is 0. The number of benzene rings is 1. The minimum atomic E-state index is -0.189. The van der Waals surface area contributed by atoms with Crippen molar-refractivity contribution in [3.05, 3.63) is 29.3 Å². The Morgan fingerprint density at radius 2 is 2.17 bits per heavy atom. The minimum Gasteiger partial charge on any atom is -0.373 e. The molecule has 1 aromatic carbocycles. The van der Waals surface area contributed by atoms with Gasteiger partial charge in [0, 0.05) is 10.6 Å². The SMILES string of the molecule is CC1(C)CC(NC(=O)Cn2nnc(-c3ccc(Cl)cc3)n2)CO1. The molecule has 0 aliphatic carbocycles. The molecule has 1 saturated heterocycles. The molecule has 23 heavy (non-hydrogen) atoms. The van der Waals surface area contributed by atoms with Crippen molar-refractivity contribution in [2.45, 2.75) is 38.5 Å². The molecule has 1 N–H and O–H groups in total. The Morgan fingerprint density at radius 3 is 2.83 bits per heavy atom. The molecule has 2 heterocycles. The van der Waals surface area contributed by atoms with Crippen LogP contribution >= 0.6 is 11.6 Å². The first-order valence-corrected chi connectivity index (χ1v) is 7.76. The number of aromatic nitrogens is 4. The fraction of sp³-hybridized carbons (Fsp3) is 0.467. The smallest absolute Gasteiger partial charge is 0.243 e. The van der Waals surface area contributed by atoms with Crippen molar-refractivity contribution in [3.63, 3.8) is 0 Å². The Labute approximate surface area is 139 Å². The van der Waals surface area contributed by atoms with E-state index in [1.54, 1.807) is 12.1 Å². The first-order valence-electron chi connectivity index (χ1n) is 7.38. The highest BCUT2D eigenvalue weighted by atomic mass is 35.5. The maximum atomic E-state index is 12.1. The van der Waals surface area contributed by atoms with Crippen LogP contribution in [0.3, 0.4) is 0 Å². The minimum absolute atomic E-state index is 0.0248. The van der Waals surface area contributed by atoms with E-state index in [2.05, 4.69) is 20.7 Å². The summed E-state index contributed by atoms with van der Waals surface area (Å²) in [5.74, 6) is 0.302. The van der Waals surface area contributed by atoms with E-state index >= 15 is 0 Å². The Kier molecular flexibility index (Phi) is 4.32. The van der Waals surface area contributed by atoms with Gasteiger partial charge in [0.25, 0.3) is 0 Å². The fourth-order valence-corrected chi connectivity index (χ4v) is 2.68. The van der Waals surface area contributed by atoms with Gasteiger partial charge in [-0.2, -0.15) is 4.80 Å². The number of nitrogens with one attached hydrogen (secondary N) is 1. The number of carbonyl (C=O) groups excluding carboxylic acids is 1. The molecule has 0 radical (unpaired) electrons. The van der Waals surface area contributed by atoms with Gasteiger partial charge >= 0.3 is 0 Å². The third kappa shape index (κ3) is 4.05. The van der Waals surface area contributed by atoms with Crippen LogP contribution in [0.1, 0.15) is 20.3 Å². The second kappa shape index (κ2) is 6.25. The van der Waals surface area contributed by atoms with Crippen molar-refractivity contribution in [3.8, 4) is 11.4 Å². The van der Waals surface area contributed by atoms with Crippen LogP contribution in [0, 0.1) is 0 Å². The Balaban J connectivity index is 1.58. The van der Waals surface area contributed by atoms with E-state index in [0.29, 0.717) is 17.5 Å². The zero-order valence-electron chi connectivity index (χ0n) is 13.0. The maximum Gasteiger partial charge on any atom is 0.243 e. The fourth-order valence-electron chi connectivity index (χ4n) is 2.56. The quantitative estimate of drug-likeness (QED) is 0.919. The third-order valence-electron chi connectivity index (χ3n) is 3.62. The lowest BCUT2D eigenvalue weighted by Crippen LogP contribution is -2.38. The molecule has 1 aliphatic heterocycles. The van der Waals surface area contributed by atoms with Gasteiger partial charge in [-0.1, -0.05) is 11.6 Å². The first-order chi connectivity index (χ1) is 10.9. The van der Waals surface area contributed by atoms with Gasteiger partial charge in [-0.15, -0.1) is 10.2 Å². The van der Waals surface area contributed by atoms with E-state index < -0.39 is 0 Å². The average molecular weight is 336 g/mol. The van der Waals surface area contributed by atoms with E-state index in [9.17, 15) is 4.79 Å². The number of hydrogen-bond donors (Lipinski definition) is 1. The number of tetrazole rings is 1. The molecule has 0 bridgehead atoms. The van der Waals surface area contributed by atoms with Crippen LogP contribution in [0.15, 0.2) is 24.3 Å². The molecule has 1 aromatic heterocycles. The van der Waals surface area contributed by atoms with Crippen LogP contribution in [0.2, 0.25) is 5.02 Å². The van der Waals surface area contributed by atoms with Gasteiger partial charge in [0.15, 0.2) is 0 Å². The zero-order valence-corrected chi connectivity index (χ0v) is 13.7. The van der Waals surface area contributed by atoms with Crippen LogP contribution in [-0.4, -0.2) is 44.4 Å². The van der Waals surface area contributed by atoms with E-state index in [1.165, 1.54) is 4.80 Å². The van der Waals surface area contributed by atoms with Gasteiger partial charge in [0.05, 0.1) is 18.2 Å². The van der Waals surface area contributed by atoms with Crippen molar-refractivity contribution in [1.29, 1.82) is 0 Å². The van der Waals surface area contributed by atoms with Crippen LogP contribution in [0.4, 0.5) is 0 Å². The van der Waals surface area contributed by atoms with Crippen molar-refractivity contribution in [1.82, 2.24) is 25.5 Å². The molecular formula is C15H18ClN5O2. The van der Waals surface area contributed by atoms with E-state index in [4.69, 9.17) is 16.3 Å². The van der Waals surface area contributed by atoms with Gasteiger partial charge in [-0.25, -0.2) is 0 Å². The van der Waals surface area contributed by atoms with Crippen LogP contribution in [0.25, 0.3) is 11.4 Å². The summed E-state index contributed by atoms with van der Waals surface area (Å²) in [4.78, 5) is 13.3. The lowest BCUT2D eigenvalue weighted by Gasteiger charge is -2.15. The summed E-state index contributed by atoms with van der Waals surface area (Å²) in [6.07, 6.45) is 0.791. The molecule has 8 heteroatoms. The maximum absolute atomic E-state index is 12.1. The van der Waals surface area contributed by atoms with Crippen molar-refractivity contribution in [2.24, 2.45) is 0 Å². The molecule has 122 valence electrons. The monoisotopic (exact) mass is 335 g/mol. The van der Waals surface area contributed by atoms with Crippen molar-refractivity contribution < 1.29 is 9.53 Å². The largest absolute Gasteiger partial charge is 0.373 e. The number of carbonyl (C=O) groups is 1. The Bertz CT molecular complexity index is 698. The number of hydrogen-bond acceptors (Lipinski definition) is 5. The number of ether oxygens (including phenoxy) is 1. The predicted octanol–water partition coefficient (Wildman–Crippen LogP) is 1.68. The molecule has 2 aromatic rings. The molecule has 0 spiro atoms. The van der Waals surface area contributed by atoms with E-state index in [0.717, 1.165) is 12.0 Å². The predicted molar refractivity (Wildman–Crippen MR) is 84.8 cm³/mol. The summed E-state index contributed by atoms with van der Waals surface area (Å²) in [5.41, 5.74) is 0.609. The second-order valence-corrected chi connectivity index (χ2v) is 6.63. The van der Waals surface area contributed by atoms with Gasteiger partial charge in [0.1, 0.15) is 6.54 Å². The molecule has 1 aliphatic rings. The topological polar surface area (TPSA) is 81.9 Å². The summed E-state index contributed by atoms with van der Waals surface area (Å²) < 4.78 is 5.60. The average Bonchev–Trinajstić information content (AvgIpc) is 3.06. The zero-order chi connectivity index (χ0) is 16.4. The molecular weight excluding hydrogens is 318 g/mol. The number of nitrogens with zero attached hydrogens (tertiary/aromatic N) is 4. The summed E-state index contributed by atoms with van der Waals surface area (Å²) in [6, 6.07) is 7.15. The lowest BCUT2D eigenvalue weighted by atomic mass is 10.0. The Hall–Kier alpha value is -1.99. The van der Waals surface area contributed by atoms with Crippen molar-refractivity contribution in [2.75, 3.05) is 6.61 Å². The summed E-state index contributed by atoms with van der Waals surface area (Å²) in [6.45, 7) is 4.57. The van der Waals surface area contributed by atoms with Crippen LogP contribution in [0.5, 0.6) is 0 Å². The normalized spacial score (nSPS) is 19.7. The van der Waals surface area contributed by atoms with Gasteiger partial charge in [-0.3, -0.25) is 4.79 Å². The molecule has 1 unspecified atom stereocenters. The number of rotatable bonds is 4. The highest BCUT2D eigenvalue weighted by Crippen LogP contribution is 2.24. The van der Waals surface area contributed by atoms with Crippen molar-refractivity contribution >= 4 is 17.5 Å². The van der Waals surface area contributed by atoms with Gasteiger partial charge < -0.3 is 10.1 Å². The highest BCUT2D eigenvalue weighted by Gasteiger charge is 2.32. The molecule has 3 rings (SSSR count). The molecule has 1 fully saturated rings. The van der Waals surface area contributed by atoms with Gasteiger partial charge in [0.2, 0.25) is 11.7 Å².